The smallest absolute Gasteiger partial charge is 0.119 e. The minimum absolute atomic E-state index is 0.145. The highest BCUT2D eigenvalue weighted by Gasteiger charge is 2.45. The molecule has 2 aliphatic heterocycles. The van der Waals surface area contributed by atoms with Gasteiger partial charge in [-0.3, -0.25) is 0 Å². The van der Waals surface area contributed by atoms with Crippen LogP contribution in [-0.2, 0) is 9.47 Å². The van der Waals surface area contributed by atoms with Crippen LogP contribution < -0.4 is 4.74 Å². The van der Waals surface area contributed by atoms with Crippen LogP contribution in [0, 0.1) is 18.8 Å². The number of hydrogen-bond donors (Lipinski definition) is 0. The third-order valence-corrected chi connectivity index (χ3v) is 5.47. The van der Waals surface area contributed by atoms with Crippen molar-refractivity contribution in [3.05, 3.63) is 77.4 Å². The zero-order valence-electron chi connectivity index (χ0n) is 16.6. The van der Waals surface area contributed by atoms with Crippen molar-refractivity contribution >= 4 is 12.2 Å². The molecule has 2 aliphatic rings. The summed E-state index contributed by atoms with van der Waals surface area (Å²) in [6, 6.07) is 16.8. The maximum atomic E-state index is 6.10. The molecule has 0 bridgehead atoms. The van der Waals surface area contributed by atoms with Gasteiger partial charge in [-0.05, 0) is 37.1 Å². The Morgan fingerprint density at radius 3 is 1.82 bits per heavy atom. The Morgan fingerprint density at radius 2 is 1.32 bits per heavy atom. The van der Waals surface area contributed by atoms with Crippen molar-refractivity contribution in [3.63, 3.8) is 0 Å². The monoisotopic (exact) mass is 376 g/mol. The summed E-state index contributed by atoms with van der Waals surface area (Å²) < 4.78 is 17.7. The standard InChI is InChI=1S/C25H28O3/c1-3-26-23-14-10-20(11-15-23)9-13-22-17-28-24-21(16-27-25(22)24)12-8-19-6-4-18(2)5-7-19/h4-15,21-22,24-25H,3,16-17H2,1-2H3/t21-,22+,24+,25+/m0/s1. The van der Waals surface area contributed by atoms with Crippen molar-refractivity contribution in [1.82, 2.24) is 0 Å². The van der Waals surface area contributed by atoms with Gasteiger partial charge in [-0.1, -0.05) is 66.3 Å². The van der Waals surface area contributed by atoms with Gasteiger partial charge in [-0.2, -0.15) is 0 Å². The zero-order valence-corrected chi connectivity index (χ0v) is 16.6. The molecule has 2 heterocycles. The molecule has 4 atom stereocenters. The second kappa shape index (κ2) is 8.76. The molecule has 0 aliphatic carbocycles. The average Bonchev–Trinajstić information content (AvgIpc) is 3.30. The van der Waals surface area contributed by atoms with E-state index in [2.05, 4.69) is 67.6 Å². The number of ether oxygens (including phenoxy) is 3. The lowest BCUT2D eigenvalue weighted by atomic mass is 9.95. The van der Waals surface area contributed by atoms with E-state index in [9.17, 15) is 0 Å². The Morgan fingerprint density at radius 1 is 0.821 bits per heavy atom. The summed E-state index contributed by atoms with van der Waals surface area (Å²) >= 11 is 0. The number of hydrogen-bond acceptors (Lipinski definition) is 3. The highest BCUT2D eigenvalue weighted by Crippen LogP contribution is 2.36. The summed E-state index contributed by atoms with van der Waals surface area (Å²) in [7, 11) is 0. The molecule has 3 nitrogen and oxygen atoms in total. The predicted molar refractivity (Wildman–Crippen MR) is 113 cm³/mol. The number of fused-ring (bicyclic) bond motifs is 1. The molecule has 2 fully saturated rings. The van der Waals surface area contributed by atoms with E-state index in [1.54, 1.807) is 0 Å². The van der Waals surface area contributed by atoms with E-state index in [0.717, 1.165) is 19.0 Å². The van der Waals surface area contributed by atoms with Gasteiger partial charge in [0, 0.05) is 11.8 Å². The van der Waals surface area contributed by atoms with E-state index in [4.69, 9.17) is 14.2 Å². The summed E-state index contributed by atoms with van der Waals surface area (Å²) in [5.74, 6) is 1.52. The first-order valence-electron chi connectivity index (χ1n) is 10.1. The minimum Gasteiger partial charge on any atom is -0.494 e. The number of benzene rings is 2. The molecule has 0 N–H and O–H groups in total. The SMILES string of the molecule is CCOc1ccc(C=C[C@@H]2CO[C@H]3[C@@H]2OC[C@@H]3C=Cc2ccc(C)cc2)cc1. The first-order chi connectivity index (χ1) is 13.7. The molecule has 2 aromatic carbocycles. The van der Waals surface area contributed by atoms with Crippen LogP contribution in [0.1, 0.15) is 23.6 Å². The molecular formula is C25H28O3. The highest BCUT2D eigenvalue weighted by atomic mass is 16.6. The van der Waals surface area contributed by atoms with Gasteiger partial charge >= 0.3 is 0 Å². The van der Waals surface area contributed by atoms with Gasteiger partial charge in [-0.15, -0.1) is 0 Å². The van der Waals surface area contributed by atoms with Gasteiger partial charge in [0.1, 0.15) is 5.75 Å². The van der Waals surface area contributed by atoms with E-state index in [-0.39, 0.29) is 12.2 Å². The molecule has 2 aromatic rings. The molecule has 3 heteroatoms. The quantitative estimate of drug-likeness (QED) is 0.698. The van der Waals surface area contributed by atoms with Crippen molar-refractivity contribution < 1.29 is 14.2 Å². The first-order valence-corrected chi connectivity index (χ1v) is 10.1. The van der Waals surface area contributed by atoms with E-state index in [1.807, 2.05) is 19.1 Å². The third-order valence-electron chi connectivity index (χ3n) is 5.47. The minimum atomic E-state index is 0.145. The summed E-state index contributed by atoms with van der Waals surface area (Å²) in [6.45, 7) is 6.24. The normalized spacial score (nSPS) is 26.9. The second-order valence-corrected chi connectivity index (χ2v) is 7.55. The Hall–Kier alpha value is -2.36. The van der Waals surface area contributed by atoms with Crippen LogP contribution in [0.5, 0.6) is 5.75 Å². The molecule has 0 saturated carbocycles. The third kappa shape index (κ3) is 4.37. The van der Waals surface area contributed by atoms with Crippen molar-refractivity contribution in [1.29, 1.82) is 0 Å². The Kier molecular flexibility index (Phi) is 5.94. The molecule has 4 rings (SSSR count). The fraction of sp³-hybridized carbons (Fsp3) is 0.360. The largest absolute Gasteiger partial charge is 0.494 e. The van der Waals surface area contributed by atoms with Crippen molar-refractivity contribution in [2.24, 2.45) is 11.8 Å². The Balaban J connectivity index is 1.36. The van der Waals surface area contributed by atoms with Gasteiger partial charge in [0.15, 0.2) is 0 Å². The maximum Gasteiger partial charge on any atom is 0.119 e. The summed E-state index contributed by atoms with van der Waals surface area (Å²) in [5, 5.41) is 0. The van der Waals surface area contributed by atoms with Gasteiger partial charge < -0.3 is 14.2 Å². The molecule has 0 radical (unpaired) electrons. The van der Waals surface area contributed by atoms with Crippen LogP contribution in [0.15, 0.2) is 60.7 Å². The topological polar surface area (TPSA) is 27.7 Å². The molecule has 0 spiro atoms. The van der Waals surface area contributed by atoms with E-state index >= 15 is 0 Å². The van der Waals surface area contributed by atoms with Crippen molar-refractivity contribution in [2.75, 3.05) is 19.8 Å². The summed E-state index contributed by atoms with van der Waals surface area (Å²) in [4.78, 5) is 0. The van der Waals surface area contributed by atoms with Crippen LogP contribution >= 0.6 is 0 Å². The average molecular weight is 376 g/mol. The molecule has 0 aromatic heterocycles. The Labute approximate surface area is 167 Å². The van der Waals surface area contributed by atoms with E-state index < -0.39 is 0 Å². The highest BCUT2D eigenvalue weighted by molar-refractivity contribution is 5.52. The molecule has 146 valence electrons. The van der Waals surface area contributed by atoms with E-state index in [1.165, 1.54) is 16.7 Å². The van der Waals surface area contributed by atoms with Gasteiger partial charge in [0.05, 0.1) is 32.0 Å². The van der Waals surface area contributed by atoms with Crippen LogP contribution in [0.3, 0.4) is 0 Å². The van der Waals surface area contributed by atoms with Gasteiger partial charge in [0.25, 0.3) is 0 Å². The lowest BCUT2D eigenvalue weighted by molar-refractivity contribution is 0.0658. The first kappa shape index (κ1) is 19.0. The number of aryl methyl sites for hydroxylation is 1. The molecule has 0 unspecified atom stereocenters. The van der Waals surface area contributed by atoms with Crippen LogP contribution in [0.4, 0.5) is 0 Å². The summed E-state index contributed by atoms with van der Waals surface area (Å²) in [5.41, 5.74) is 3.67. The fourth-order valence-electron chi connectivity index (χ4n) is 3.88. The maximum absolute atomic E-state index is 6.10. The predicted octanol–water partition coefficient (Wildman–Crippen LogP) is 5.15. The zero-order chi connectivity index (χ0) is 19.3. The second-order valence-electron chi connectivity index (χ2n) is 7.55. The molecule has 0 amide bonds. The van der Waals surface area contributed by atoms with Crippen LogP contribution in [0.2, 0.25) is 0 Å². The van der Waals surface area contributed by atoms with Crippen LogP contribution in [-0.4, -0.2) is 32.0 Å². The van der Waals surface area contributed by atoms with Gasteiger partial charge in [0.2, 0.25) is 0 Å². The molecule has 28 heavy (non-hydrogen) atoms. The fourth-order valence-corrected chi connectivity index (χ4v) is 3.88. The number of rotatable bonds is 6. The van der Waals surface area contributed by atoms with Gasteiger partial charge in [-0.25, -0.2) is 0 Å². The van der Waals surface area contributed by atoms with Crippen molar-refractivity contribution in [3.8, 4) is 5.75 Å². The van der Waals surface area contributed by atoms with Crippen molar-refractivity contribution in [2.45, 2.75) is 26.1 Å². The van der Waals surface area contributed by atoms with Crippen LogP contribution in [0.25, 0.3) is 12.2 Å². The van der Waals surface area contributed by atoms with E-state index in [0.29, 0.717) is 18.4 Å². The summed E-state index contributed by atoms with van der Waals surface area (Å²) in [6.07, 6.45) is 9.11. The lowest BCUT2D eigenvalue weighted by Crippen LogP contribution is -2.24. The molecular weight excluding hydrogens is 348 g/mol. The Bertz CT molecular complexity index is 820. The molecule has 2 saturated heterocycles. The lowest BCUT2D eigenvalue weighted by Gasteiger charge is -2.13.